The van der Waals surface area contributed by atoms with Crippen LogP contribution in [0.5, 0.6) is 0 Å². The van der Waals surface area contributed by atoms with Crippen molar-refractivity contribution in [3.8, 4) is 0 Å². The number of carbonyl (C=O) groups is 2. The third kappa shape index (κ3) is 8.29. The lowest BCUT2D eigenvalue weighted by Gasteiger charge is -2.30. The van der Waals surface area contributed by atoms with Gasteiger partial charge in [-0.25, -0.2) is 14.9 Å². The predicted molar refractivity (Wildman–Crippen MR) is 96.3 cm³/mol. The maximum absolute atomic E-state index is 11.8. The normalized spacial score (nSPS) is 24.4. The van der Waals surface area contributed by atoms with Crippen molar-refractivity contribution in [3.05, 3.63) is 33.1 Å². The zero-order valence-electron chi connectivity index (χ0n) is 15.5. The number of nitrogens with two attached hydrogens (primary N) is 1. The average molecular weight is 472 g/mol. The highest BCUT2D eigenvalue weighted by atomic mass is 31.2. The Balaban J connectivity index is 0.000000861. The molecule has 2 heterocycles. The Bertz CT molecular complexity index is 918. The van der Waals surface area contributed by atoms with Crippen molar-refractivity contribution in [2.24, 2.45) is 5.50 Å². The number of hydrogen-bond acceptors (Lipinski definition) is 10. The lowest BCUT2D eigenvalue weighted by Crippen LogP contribution is -2.52. The summed E-state index contributed by atoms with van der Waals surface area (Å²) in [4.78, 5) is 61.9. The van der Waals surface area contributed by atoms with Gasteiger partial charge in [0.05, 0.1) is 13.1 Å². The van der Waals surface area contributed by atoms with Crippen LogP contribution in [0.15, 0.2) is 21.9 Å². The van der Waals surface area contributed by atoms with Gasteiger partial charge in [-0.2, -0.15) is 0 Å². The molecule has 0 bridgehead atoms. The Hall–Kier alpha value is -2.47. The van der Waals surface area contributed by atoms with Gasteiger partial charge in [0.1, 0.15) is 24.5 Å². The van der Waals surface area contributed by atoms with E-state index < -0.39 is 74.8 Å². The molecule has 0 saturated carbocycles. The number of nitrogens with one attached hydrogen (secondary N) is 1. The van der Waals surface area contributed by atoms with Crippen molar-refractivity contribution < 1.29 is 54.2 Å². The highest BCUT2D eigenvalue weighted by Crippen LogP contribution is 2.30. The highest BCUT2D eigenvalue weighted by molar-refractivity contribution is 7.49. The summed E-state index contributed by atoms with van der Waals surface area (Å²) in [5, 5.41) is 48.0. The minimum Gasteiger partial charge on any atom is -0.480 e. The predicted octanol–water partition coefficient (Wildman–Crippen LogP) is -5.02. The van der Waals surface area contributed by atoms with Crippen molar-refractivity contribution in [1.82, 2.24) is 14.5 Å². The fraction of sp³-hybridized carbons (Fsp3) is 0.538. The van der Waals surface area contributed by atoms with Gasteiger partial charge >= 0.3 is 25.4 Å². The second-order valence-electron chi connectivity index (χ2n) is 6.19. The number of aliphatic carboxylic acids is 2. The van der Waals surface area contributed by atoms with E-state index in [1.54, 1.807) is 0 Å². The van der Waals surface area contributed by atoms with Gasteiger partial charge in [0.25, 0.3) is 5.56 Å². The molecule has 17 nitrogen and oxygen atoms in total. The molecule has 1 aliphatic heterocycles. The number of aliphatic hydroxyl groups is 3. The van der Waals surface area contributed by atoms with E-state index in [9.17, 15) is 34.5 Å². The Morgan fingerprint density at radius 2 is 1.68 bits per heavy atom. The zero-order valence-corrected chi connectivity index (χ0v) is 16.3. The van der Waals surface area contributed by atoms with E-state index in [1.807, 2.05) is 4.98 Å². The summed E-state index contributed by atoms with van der Waals surface area (Å²) in [6.45, 7) is -1.75. The number of carboxylic acids is 2. The molecule has 1 saturated heterocycles. The van der Waals surface area contributed by atoms with Crippen LogP contribution >= 0.6 is 7.75 Å². The van der Waals surface area contributed by atoms with E-state index in [1.165, 1.54) is 0 Å². The summed E-state index contributed by atoms with van der Waals surface area (Å²) in [6, 6.07) is 0.967. The van der Waals surface area contributed by atoms with Gasteiger partial charge in [0, 0.05) is 12.3 Å². The van der Waals surface area contributed by atoms with Crippen LogP contribution < -0.4 is 16.8 Å². The van der Waals surface area contributed by atoms with Gasteiger partial charge in [-0.3, -0.25) is 28.8 Å². The van der Waals surface area contributed by atoms with E-state index in [-0.39, 0.29) is 0 Å². The Labute approximate surface area is 171 Å². The van der Waals surface area contributed by atoms with Crippen LogP contribution in [-0.2, 0) is 18.9 Å². The van der Waals surface area contributed by atoms with Crippen molar-refractivity contribution in [3.63, 3.8) is 0 Å². The first-order valence-electron chi connectivity index (χ1n) is 8.14. The number of carboxylic acid groups (broad SMARTS) is 2. The van der Waals surface area contributed by atoms with Gasteiger partial charge < -0.3 is 40.1 Å². The third-order valence-electron chi connectivity index (χ3n) is 3.75. The van der Waals surface area contributed by atoms with Crippen LogP contribution in [0.25, 0.3) is 0 Å². The standard InChI is InChI=1S/C13H17N3O10.H4NO3P/c17-5-1-2-16(13(25)14-5)12-9(23)8(22)10(26-12)11(24)15(3-6(18)19)4-7(20)21;1-5(2,3)4/h1-2,8-12,22-24H,3-4H2,(H,18,19)(H,20,21)(H,14,17,25);(H4,1,2,3,4)/t8-,9+,10-,11?,12+;/m0./s1. The number of rotatable bonds is 7. The monoisotopic (exact) mass is 472 g/mol. The molecule has 0 spiro atoms. The number of ether oxygens (including phenoxy) is 1. The third-order valence-corrected chi connectivity index (χ3v) is 3.75. The Morgan fingerprint density at radius 1 is 1.19 bits per heavy atom. The molecule has 10 N–H and O–H groups in total. The number of aromatic nitrogens is 2. The first kappa shape index (κ1) is 26.6. The number of H-pyrrole nitrogens is 1. The van der Waals surface area contributed by atoms with Crippen LogP contribution in [0, 0.1) is 0 Å². The fourth-order valence-electron chi connectivity index (χ4n) is 2.59. The Kier molecular flexibility index (Phi) is 9.18. The van der Waals surface area contributed by atoms with Crippen LogP contribution in [-0.4, -0.2) is 99.3 Å². The van der Waals surface area contributed by atoms with Crippen LogP contribution in [0.1, 0.15) is 6.23 Å². The largest absolute Gasteiger partial charge is 0.480 e. The summed E-state index contributed by atoms with van der Waals surface area (Å²) in [7, 11) is -4.14. The van der Waals surface area contributed by atoms with Gasteiger partial charge in [0.15, 0.2) is 6.23 Å². The molecule has 31 heavy (non-hydrogen) atoms. The number of hydrogen-bond donors (Lipinski definition) is 9. The quantitative estimate of drug-likeness (QED) is 0.133. The van der Waals surface area contributed by atoms with E-state index >= 15 is 0 Å². The molecule has 2 rings (SSSR count). The second-order valence-corrected chi connectivity index (χ2v) is 7.36. The molecule has 0 amide bonds. The first-order valence-corrected chi connectivity index (χ1v) is 9.83. The molecule has 1 fully saturated rings. The zero-order chi connectivity index (χ0) is 24.1. The van der Waals surface area contributed by atoms with E-state index in [2.05, 4.69) is 5.50 Å². The van der Waals surface area contributed by atoms with E-state index in [0.717, 1.165) is 16.8 Å². The molecule has 0 aromatic carbocycles. The summed E-state index contributed by atoms with van der Waals surface area (Å²) >= 11 is 0. The van der Waals surface area contributed by atoms with Gasteiger partial charge in [-0.1, -0.05) is 0 Å². The first-order chi connectivity index (χ1) is 14.1. The molecule has 1 aromatic rings. The summed E-state index contributed by atoms with van der Waals surface area (Å²) in [6.07, 6.45) is -7.50. The molecule has 1 aromatic heterocycles. The van der Waals surface area contributed by atoms with Gasteiger partial charge in [-0.15, -0.1) is 0 Å². The molecule has 0 aliphatic carbocycles. The van der Waals surface area contributed by atoms with Crippen LogP contribution in [0.4, 0.5) is 0 Å². The van der Waals surface area contributed by atoms with Crippen LogP contribution in [0.2, 0.25) is 0 Å². The summed E-state index contributed by atoms with van der Waals surface area (Å²) in [5.41, 5.74) is 2.37. The van der Waals surface area contributed by atoms with E-state index in [4.69, 9.17) is 29.3 Å². The fourth-order valence-corrected chi connectivity index (χ4v) is 2.59. The van der Waals surface area contributed by atoms with Crippen molar-refractivity contribution in [2.75, 3.05) is 13.1 Å². The lowest BCUT2D eigenvalue weighted by atomic mass is 10.1. The Morgan fingerprint density at radius 3 is 2.10 bits per heavy atom. The second kappa shape index (κ2) is 10.7. The number of aromatic amines is 1. The van der Waals surface area contributed by atoms with Crippen molar-refractivity contribution in [2.45, 2.75) is 30.8 Å². The van der Waals surface area contributed by atoms with Crippen molar-refractivity contribution >= 4 is 19.7 Å². The molecule has 176 valence electrons. The highest BCUT2D eigenvalue weighted by Gasteiger charge is 2.49. The maximum Gasteiger partial charge on any atom is 0.397 e. The summed E-state index contributed by atoms with van der Waals surface area (Å²) < 4.78 is 15.1. The van der Waals surface area contributed by atoms with Gasteiger partial charge in [-0.05, 0) is 0 Å². The van der Waals surface area contributed by atoms with Crippen LogP contribution in [0.3, 0.4) is 0 Å². The number of nitrogens with zero attached hydrogens (tertiary/aromatic N) is 2. The smallest absolute Gasteiger partial charge is 0.397 e. The molecular formula is C13H21N4O13P. The maximum atomic E-state index is 11.8. The average Bonchev–Trinajstić information content (AvgIpc) is 2.87. The molecule has 1 aliphatic rings. The van der Waals surface area contributed by atoms with Gasteiger partial charge in [0.2, 0.25) is 0 Å². The molecule has 0 radical (unpaired) electrons. The minimum absolute atomic E-state index is 0.600. The number of aliphatic hydroxyl groups excluding tert-OH is 3. The van der Waals surface area contributed by atoms with Crippen molar-refractivity contribution in [1.29, 1.82) is 0 Å². The molecule has 1 unspecified atom stereocenters. The topological polar surface area (TPSA) is 286 Å². The lowest BCUT2D eigenvalue weighted by molar-refractivity contribution is -0.163. The molecular weight excluding hydrogens is 451 g/mol. The molecule has 18 heteroatoms. The molecule has 5 atom stereocenters. The summed E-state index contributed by atoms with van der Waals surface area (Å²) in [5.74, 6) is -2.88. The minimum atomic E-state index is -4.14. The van der Waals surface area contributed by atoms with E-state index in [0.29, 0.717) is 4.90 Å². The SMILES string of the molecule is NP(=O)(O)O.O=C(O)CN(CC(=O)O)C(O)[C@H]1O[C@@H](n2ccc(=O)[nH]c2=O)[C@H](O)[C@@H]1O.